The highest BCUT2D eigenvalue weighted by Crippen LogP contribution is 2.35. The van der Waals surface area contributed by atoms with Gasteiger partial charge in [-0.25, -0.2) is 4.39 Å². The van der Waals surface area contributed by atoms with Crippen molar-refractivity contribution in [3.05, 3.63) is 65.9 Å². The molecule has 2 heterocycles. The number of methoxy groups -OCH3 is 1. The summed E-state index contributed by atoms with van der Waals surface area (Å²) in [6.07, 6.45) is 2.88. The maximum Gasteiger partial charge on any atom is 0.126 e. The van der Waals surface area contributed by atoms with E-state index in [-0.39, 0.29) is 12.5 Å². The molecule has 1 N–H and O–H groups in total. The molecule has 0 bridgehead atoms. The van der Waals surface area contributed by atoms with E-state index in [1.54, 1.807) is 19.4 Å². The van der Waals surface area contributed by atoms with E-state index in [0.717, 1.165) is 49.1 Å². The summed E-state index contributed by atoms with van der Waals surface area (Å²) < 4.78 is 20.7. The fourth-order valence-corrected chi connectivity index (χ4v) is 6.04. The Labute approximate surface area is 206 Å². The number of pyridine rings is 1. The molecule has 34 heavy (non-hydrogen) atoms. The molecule has 4 rings (SSSR count). The molecule has 0 radical (unpaired) electrons. The zero-order chi connectivity index (χ0) is 23.9. The third kappa shape index (κ3) is 6.29. The largest absolute Gasteiger partial charge is 0.497 e. The fourth-order valence-electron chi connectivity index (χ4n) is 5.01. The SMILES string of the molecule is COc1ccc2nccc([C@H](F)CC[C@@H]3CCN(CCSc4cccc(C)c4)C[C@@H]3CO)c2c1. The standard InChI is InChI=1S/C28H35FN2O2S/c1-20-4-3-5-24(16-20)34-15-14-31-13-11-21(22(18-31)19-32)6-8-27(29)25-10-12-30-28-9-7-23(33-2)17-26(25)28/h3-5,7,9-10,12,16-17,21-22,27,32H,6,8,11,13-15,18-19H2,1-2H3/t21-,22-,27-/m1/s1. The lowest BCUT2D eigenvalue weighted by Gasteiger charge is -2.38. The topological polar surface area (TPSA) is 45.6 Å². The normalized spacial score (nSPS) is 19.9. The summed E-state index contributed by atoms with van der Waals surface area (Å²) in [6.45, 7) is 5.21. The van der Waals surface area contributed by atoms with Gasteiger partial charge in [-0.15, -0.1) is 11.8 Å². The number of fused-ring (bicyclic) bond motifs is 1. The van der Waals surface area contributed by atoms with Crippen LogP contribution in [0.3, 0.4) is 0 Å². The Kier molecular flexibility index (Phi) is 8.81. The highest BCUT2D eigenvalue weighted by atomic mass is 32.2. The first kappa shape index (κ1) is 25.0. The minimum Gasteiger partial charge on any atom is -0.497 e. The van der Waals surface area contributed by atoms with Crippen LogP contribution in [0.2, 0.25) is 0 Å². The molecule has 0 spiro atoms. The zero-order valence-corrected chi connectivity index (χ0v) is 20.9. The van der Waals surface area contributed by atoms with E-state index in [2.05, 4.69) is 41.1 Å². The van der Waals surface area contributed by atoms with Crippen molar-refractivity contribution in [1.82, 2.24) is 9.88 Å². The van der Waals surface area contributed by atoms with Gasteiger partial charge in [-0.2, -0.15) is 0 Å². The summed E-state index contributed by atoms with van der Waals surface area (Å²) in [4.78, 5) is 8.13. The van der Waals surface area contributed by atoms with Gasteiger partial charge in [0.15, 0.2) is 0 Å². The number of rotatable bonds is 10. The van der Waals surface area contributed by atoms with E-state index in [9.17, 15) is 5.11 Å². The molecule has 0 aliphatic carbocycles. The first-order valence-corrected chi connectivity index (χ1v) is 13.2. The number of nitrogens with zero attached hydrogens (tertiary/aromatic N) is 2. The van der Waals surface area contributed by atoms with E-state index in [4.69, 9.17) is 4.74 Å². The summed E-state index contributed by atoms with van der Waals surface area (Å²) in [5, 5.41) is 10.9. The van der Waals surface area contributed by atoms with Crippen molar-refractivity contribution >= 4 is 22.7 Å². The second kappa shape index (κ2) is 12.0. The van der Waals surface area contributed by atoms with Crippen molar-refractivity contribution in [1.29, 1.82) is 0 Å². The minimum atomic E-state index is -1.05. The van der Waals surface area contributed by atoms with Crippen molar-refractivity contribution in [3.8, 4) is 5.75 Å². The Morgan fingerprint density at radius 2 is 2.09 bits per heavy atom. The van der Waals surface area contributed by atoms with Gasteiger partial charge in [-0.05, 0) is 86.5 Å². The lowest BCUT2D eigenvalue weighted by Crippen LogP contribution is -2.43. The number of ether oxygens (including phenoxy) is 1. The maximum absolute atomic E-state index is 15.4. The molecule has 4 nitrogen and oxygen atoms in total. The molecular formula is C28H35FN2O2S. The molecule has 1 fully saturated rings. The molecular weight excluding hydrogens is 447 g/mol. The van der Waals surface area contributed by atoms with E-state index < -0.39 is 6.17 Å². The smallest absolute Gasteiger partial charge is 0.126 e. The summed E-state index contributed by atoms with van der Waals surface area (Å²) in [6, 6.07) is 16.0. The Morgan fingerprint density at radius 1 is 1.21 bits per heavy atom. The zero-order valence-electron chi connectivity index (χ0n) is 20.1. The number of aryl methyl sites for hydroxylation is 1. The molecule has 6 heteroatoms. The van der Waals surface area contributed by atoms with Crippen LogP contribution in [0.25, 0.3) is 10.9 Å². The second-order valence-electron chi connectivity index (χ2n) is 9.29. The number of alkyl halides is 1. The third-order valence-corrected chi connectivity index (χ3v) is 7.96. The molecule has 3 aromatic rings. The van der Waals surface area contributed by atoms with Crippen molar-refractivity contribution in [2.45, 2.75) is 37.3 Å². The molecule has 1 aromatic heterocycles. The average molecular weight is 483 g/mol. The number of likely N-dealkylation sites (tertiary alicyclic amines) is 1. The van der Waals surface area contributed by atoms with Gasteiger partial charge >= 0.3 is 0 Å². The Morgan fingerprint density at radius 3 is 2.88 bits per heavy atom. The number of aromatic nitrogens is 1. The Hall–Kier alpha value is -2.15. The van der Waals surface area contributed by atoms with Crippen LogP contribution in [0.5, 0.6) is 5.75 Å². The predicted molar refractivity (Wildman–Crippen MR) is 138 cm³/mol. The maximum atomic E-state index is 15.4. The minimum absolute atomic E-state index is 0.165. The third-order valence-electron chi connectivity index (χ3n) is 6.99. The summed E-state index contributed by atoms with van der Waals surface area (Å²) >= 11 is 1.89. The van der Waals surface area contributed by atoms with Gasteiger partial charge < -0.3 is 14.7 Å². The average Bonchev–Trinajstić information content (AvgIpc) is 2.87. The molecule has 182 valence electrons. The molecule has 1 aliphatic heterocycles. The number of hydrogen-bond acceptors (Lipinski definition) is 5. The van der Waals surface area contributed by atoms with Crippen LogP contribution in [-0.4, -0.2) is 54.1 Å². The first-order valence-electron chi connectivity index (χ1n) is 12.2. The van der Waals surface area contributed by atoms with Crippen molar-refractivity contribution in [2.24, 2.45) is 11.8 Å². The quantitative estimate of drug-likeness (QED) is 0.356. The van der Waals surface area contributed by atoms with Gasteiger partial charge in [0.05, 0.1) is 12.6 Å². The van der Waals surface area contributed by atoms with Crippen LogP contribution >= 0.6 is 11.8 Å². The Balaban J connectivity index is 1.29. The van der Waals surface area contributed by atoms with Gasteiger partial charge in [-0.1, -0.05) is 17.7 Å². The lowest BCUT2D eigenvalue weighted by molar-refractivity contribution is 0.0672. The number of piperidine rings is 1. The van der Waals surface area contributed by atoms with Crippen LogP contribution in [0.15, 0.2) is 59.6 Å². The van der Waals surface area contributed by atoms with E-state index in [1.165, 1.54) is 10.5 Å². The van der Waals surface area contributed by atoms with Crippen molar-refractivity contribution in [2.75, 3.05) is 39.1 Å². The number of aliphatic hydroxyl groups is 1. The number of benzene rings is 2. The molecule has 1 saturated heterocycles. The second-order valence-corrected chi connectivity index (χ2v) is 10.5. The number of aliphatic hydroxyl groups excluding tert-OH is 1. The number of hydrogen-bond donors (Lipinski definition) is 1. The van der Waals surface area contributed by atoms with Crippen LogP contribution in [0.1, 0.15) is 36.6 Å². The molecule has 0 amide bonds. The number of thioether (sulfide) groups is 1. The predicted octanol–water partition coefficient (Wildman–Crippen LogP) is 6.07. The van der Waals surface area contributed by atoms with E-state index in [1.807, 2.05) is 30.0 Å². The van der Waals surface area contributed by atoms with E-state index in [0.29, 0.717) is 23.7 Å². The van der Waals surface area contributed by atoms with Gasteiger partial charge in [0.2, 0.25) is 0 Å². The van der Waals surface area contributed by atoms with Crippen LogP contribution in [-0.2, 0) is 0 Å². The first-order chi connectivity index (χ1) is 16.6. The molecule has 2 aromatic carbocycles. The van der Waals surface area contributed by atoms with Crippen molar-refractivity contribution < 1.29 is 14.2 Å². The van der Waals surface area contributed by atoms with Gasteiger partial charge in [-0.3, -0.25) is 4.98 Å². The van der Waals surface area contributed by atoms with Gasteiger partial charge in [0, 0.05) is 41.9 Å². The monoisotopic (exact) mass is 482 g/mol. The lowest BCUT2D eigenvalue weighted by atomic mass is 9.81. The van der Waals surface area contributed by atoms with Crippen LogP contribution in [0, 0.1) is 18.8 Å². The summed E-state index contributed by atoms with van der Waals surface area (Å²) in [5.41, 5.74) is 2.75. The van der Waals surface area contributed by atoms with Crippen molar-refractivity contribution in [3.63, 3.8) is 0 Å². The van der Waals surface area contributed by atoms with Crippen LogP contribution in [0.4, 0.5) is 4.39 Å². The van der Waals surface area contributed by atoms with Crippen LogP contribution < -0.4 is 4.74 Å². The molecule has 0 saturated carbocycles. The van der Waals surface area contributed by atoms with Gasteiger partial charge in [0.25, 0.3) is 0 Å². The fraction of sp³-hybridized carbons (Fsp3) is 0.464. The highest BCUT2D eigenvalue weighted by molar-refractivity contribution is 7.99. The molecule has 3 atom stereocenters. The Bertz CT molecular complexity index is 1080. The summed E-state index contributed by atoms with van der Waals surface area (Å²) in [5.74, 6) is 2.31. The highest BCUT2D eigenvalue weighted by Gasteiger charge is 2.29. The number of halogens is 1. The van der Waals surface area contributed by atoms with E-state index >= 15 is 4.39 Å². The molecule has 1 aliphatic rings. The summed E-state index contributed by atoms with van der Waals surface area (Å²) in [7, 11) is 1.62. The van der Waals surface area contributed by atoms with Gasteiger partial charge in [0.1, 0.15) is 11.9 Å². The molecule has 0 unspecified atom stereocenters.